The SMILES string of the molecule is O=C(NCCn1cnc2ccsc2c1=O)Nc1ccccc1C(F)(F)F. The molecule has 3 rings (SSSR count). The van der Waals surface area contributed by atoms with Crippen LogP contribution in [0.3, 0.4) is 0 Å². The lowest BCUT2D eigenvalue weighted by Gasteiger charge is -2.14. The number of para-hydroxylation sites is 1. The van der Waals surface area contributed by atoms with Crippen molar-refractivity contribution >= 4 is 33.3 Å². The van der Waals surface area contributed by atoms with E-state index >= 15 is 0 Å². The molecule has 0 aliphatic rings. The summed E-state index contributed by atoms with van der Waals surface area (Å²) in [7, 11) is 0. The normalized spacial score (nSPS) is 11.5. The fourth-order valence-electron chi connectivity index (χ4n) is 2.33. The van der Waals surface area contributed by atoms with Gasteiger partial charge in [-0.3, -0.25) is 9.36 Å². The highest BCUT2D eigenvalue weighted by molar-refractivity contribution is 7.17. The van der Waals surface area contributed by atoms with Gasteiger partial charge >= 0.3 is 12.2 Å². The molecule has 0 spiro atoms. The number of urea groups is 1. The Hall–Kier alpha value is -2.88. The molecule has 0 aliphatic carbocycles. The largest absolute Gasteiger partial charge is 0.418 e. The van der Waals surface area contributed by atoms with E-state index in [1.165, 1.54) is 40.4 Å². The number of halogens is 3. The molecule has 6 nitrogen and oxygen atoms in total. The van der Waals surface area contributed by atoms with Gasteiger partial charge in [0, 0.05) is 13.1 Å². The number of benzene rings is 1. The number of nitrogens with zero attached hydrogens (tertiary/aromatic N) is 2. The van der Waals surface area contributed by atoms with Crippen molar-refractivity contribution in [3.05, 3.63) is 58.0 Å². The molecule has 0 saturated carbocycles. The molecule has 26 heavy (non-hydrogen) atoms. The molecule has 1 aromatic carbocycles. The van der Waals surface area contributed by atoms with Crippen LogP contribution in [-0.4, -0.2) is 22.1 Å². The third-order valence-corrected chi connectivity index (χ3v) is 4.45. The van der Waals surface area contributed by atoms with Crippen LogP contribution < -0.4 is 16.2 Å². The molecule has 0 bridgehead atoms. The number of carbonyl (C=O) groups is 1. The second-order valence-corrected chi connectivity index (χ2v) is 6.22. The Labute approximate surface area is 149 Å². The van der Waals surface area contributed by atoms with E-state index in [1.807, 2.05) is 0 Å². The monoisotopic (exact) mass is 382 g/mol. The minimum atomic E-state index is -4.57. The number of thiophene rings is 1. The summed E-state index contributed by atoms with van der Waals surface area (Å²) >= 11 is 1.27. The van der Waals surface area contributed by atoms with Gasteiger partial charge in [0.25, 0.3) is 5.56 Å². The molecular formula is C16H13F3N4O2S. The highest BCUT2D eigenvalue weighted by atomic mass is 32.1. The van der Waals surface area contributed by atoms with E-state index in [1.54, 1.807) is 11.4 Å². The van der Waals surface area contributed by atoms with Crippen LogP contribution in [0, 0.1) is 0 Å². The van der Waals surface area contributed by atoms with E-state index in [9.17, 15) is 22.8 Å². The number of rotatable bonds is 4. The highest BCUT2D eigenvalue weighted by Crippen LogP contribution is 2.34. The molecule has 2 aromatic heterocycles. The van der Waals surface area contributed by atoms with Gasteiger partial charge < -0.3 is 10.6 Å². The second kappa shape index (κ2) is 7.16. The summed E-state index contributed by atoms with van der Waals surface area (Å²) in [6.45, 7) is 0.201. The number of nitrogens with one attached hydrogen (secondary N) is 2. The number of aromatic nitrogens is 2. The van der Waals surface area contributed by atoms with Gasteiger partial charge in [-0.25, -0.2) is 9.78 Å². The van der Waals surface area contributed by atoms with Crippen LogP contribution in [0.2, 0.25) is 0 Å². The molecule has 0 atom stereocenters. The quantitative estimate of drug-likeness (QED) is 0.727. The van der Waals surface area contributed by atoms with Crippen molar-refractivity contribution in [1.82, 2.24) is 14.9 Å². The minimum Gasteiger partial charge on any atom is -0.336 e. The second-order valence-electron chi connectivity index (χ2n) is 5.30. The van der Waals surface area contributed by atoms with Crippen molar-refractivity contribution in [2.45, 2.75) is 12.7 Å². The molecule has 0 aliphatic heterocycles. The van der Waals surface area contributed by atoms with Gasteiger partial charge in [-0.2, -0.15) is 13.2 Å². The van der Waals surface area contributed by atoms with Crippen LogP contribution in [-0.2, 0) is 12.7 Å². The Morgan fingerprint density at radius 2 is 2.00 bits per heavy atom. The summed E-state index contributed by atoms with van der Waals surface area (Å²) in [6.07, 6.45) is -3.20. The zero-order valence-electron chi connectivity index (χ0n) is 13.2. The van der Waals surface area contributed by atoms with Gasteiger partial charge in [0.2, 0.25) is 0 Å². The van der Waals surface area contributed by atoms with Crippen LogP contribution in [0.4, 0.5) is 23.7 Å². The van der Waals surface area contributed by atoms with E-state index in [4.69, 9.17) is 0 Å². The molecule has 2 heterocycles. The maximum Gasteiger partial charge on any atom is 0.418 e. The summed E-state index contributed by atoms with van der Waals surface area (Å²) in [5.74, 6) is 0. The van der Waals surface area contributed by atoms with Gasteiger partial charge in [0.15, 0.2) is 0 Å². The Morgan fingerprint density at radius 3 is 2.77 bits per heavy atom. The molecule has 2 amide bonds. The zero-order valence-corrected chi connectivity index (χ0v) is 14.0. The number of amides is 2. The molecule has 0 unspecified atom stereocenters. The first-order chi connectivity index (χ1) is 12.4. The Bertz CT molecular complexity index is 997. The van der Waals surface area contributed by atoms with Crippen LogP contribution in [0.1, 0.15) is 5.56 Å². The molecule has 0 fully saturated rings. The number of fused-ring (bicyclic) bond motifs is 1. The van der Waals surface area contributed by atoms with Gasteiger partial charge in [0.05, 0.1) is 23.1 Å². The van der Waals surface area contributed by atoms with Gasteiger partial charge in [-0.15, -0.1) is 11.3 Å². The zero-order chi connectivity index (χ0) is 18.7. The Morgan fingerprint density at radius 1 is 1.23 bits per heavy atom. The molecule has 3 aromatic rings. The topological polar surface area (TPSA) is 76.0 Å². The van der Waals surface area contributed by atoms with E-state index in [2.05, 4.69) is 15.6 Å². The summed E-state index contributed by atoms with van der Waals surface area (Å²) in [5.41, 5.74) is -0.893. The van der Waals surface area contributed by atoms with Crippen molar-refractivity contribution in [3.8, 4) is 0 Å². The van der Waals surface area contributed by atoms with Crippen LogP contribution in [0.5, 0.6) is 0 Å². The van der Waals surface area contributed by atoms with E-state index < -0.39 is 17.8 Å². The van der Waals surface area contributed by atoms with E-state index in [0.29, 0.717) is 10.2 Å². The first-order valence-corrected chi connectivity index (χ1v) is 8.38. The van der Waals surface area contributed by atoms with Gasteiger partial charge in [0.1, 0.15) is 4.70 Å². The summed E-state index contributed by atoms with van der Waals surface area (Å²) in [5, 5.41) is 6.36. The summed E-state index contributed by atoms with van der Waals surface area (Å²) < 4.78 is 40.6. The molecule has 2 N–H and O–H groups in total. The molecule has 0 saturated heterocycles. The third kappa shape index (κ3) is 3.85. The Kier molecular flexibility index (Phi) is 4.94. The van der Waals surface area contributed by atoms with Crippen LogP contribution in [0.25, 0.3) is 10.2 Å². The minimum absolute atomic E-state index is 0.0541. The average Bonchev–Trinajstić information content (AvgIpc) is 3.06. The summed E-state index contributed by atoms with van der Waals surface area (Å²) in [4.78, 5) is 28.2. The summed E-state index contributed by atoms with van der Waals surface area (Å²) in [6, 6.07) is 5.63. The predicted octanol–water partition coefficient (Wildman–Crippen LogP) is 3.30. The lowest BCUT2D eigenvalue weighted by atomic mass is 10.1. The lowest BCUT2D eigenvalue weighted by molar-refractivity contribution is -0.136. The van der Waals surface area contributed by atoms with Crippen LogP contribution in [0.15, 0.2) is 46.8 Å². The first kappa shape index (κ1) is 17.9. The highest BCUT2D eigenvalue weighted by Gasteiger charge is 2.33. The maximum atomic E-state index is 12.9. The van der Waals surface area contributed by atoms with E-state index in [-0.39, 0.29) is 24.3 Å². The average molecular weight is 382 g/mol. The molecular weight excluding hydrogens is 369 g/mol. The van der Waals surface area contributed by atoms with Crippen molar-refractivity contribution in [3.63, 3.8) is 0 Å². The van der Waals surface area contributed by atoms with Crippen molar-refractivity contribution in [2.75, 3.05) is 11.9 Å². The van der Waals surface area contributed by atoms with Crippen molar-refractivity contribution < 1.29 is 18.0 Å². The number of alkyl halides is 3. The standard InChI is InChI=1S/C16H13F3N4O2S/c17-16(18,19)10-3-1-2-4-11(10)22-15(25)20-6-7-23-9-21-12-5-8-26-13(12)14(23)24/h1-5,8-9H,6-7H2,(H2,20,22,25). The molecule has 10 heteroatoms. The number of carbonyl (C=O) groups excluding carboxylic acids is 1. The fraction of sp³-hybridized carbons (Fsp3) is 0.188. The smallest absolute Gasteiger partial charge is 0.336 e. The van der Waals surface area contributed by atoms with Crippen molar-refractivity contribution in [1.29, 1.82) is 0 Å². The van der Waals surface area contributed by atoms with E-state index in [0.717, 1.165) is 6.07 Å². The lowest BCUT2D eigenvalue weighted by Crippen LogP contribution is -2.34. The van der Waals surface area contributed by atoms with Crippen LogP contribution >= 0.6 is 11.3 Å². The van der Waals surface area contributed by atoms with Crippen molar-refractivity contribution in [2.24, 2.45) is 0 Å². The van der Waals surface area contributed by atoms with Gasteiger partial charge in [-0.05, 0) is 23.6 Å². The number of hydrogen-bond donors (Lipinski definition) is 2. The third-order valence-electron chi connectivity index (χ3n) is 3.55. The van der Waals surface area contributed by atoms with Gasteiger partial charge in [-0.1, -0.05) is 12.1 Å². The predicted molar refractivity (Wildman–Crippen MR) is 92.3 cm³/mol. The molecule has 136 valence electrons. The maximum absolute atomic E-state index is 12.9. The first-order valence-electron chi connectivity index (χ1n) is 7.50. The molecule has 0 radical (unpaired) electrons. The number of hydrogen-bond acceptors (Lipinski definition) is 4. The fourth-order valence-corrected chi connectivity index (χ4v) is 3.13. The Balaban J connectivity index is 1.61. The number of anilines is 1.